The van der Waals surface area contributed by atoms with Gasteiger partial charge in [0, 0.05) is 20.0 Å². The molecule has 0 radical (unpaired) electrons. The SMILES string of the molecule is CN(CCc1ccccc1)C(=O)CCc1ccc(CC(C(=O)O)c2ccccc2)cc1. The number of carboxylic acid groups (broad SMARTS) is 1. The molecular weight excluding hydrogens is 386 g/mol. The summed E-state index contributed by atoms with van der Waals surface area (Å²) in [5.41, 5.74) is 4.10. The molecule has 3 aromatic carbocycles. The summed E-state index contributed by atoms with van der Waals surface area (Å²) in [5, 5.41) is 9.61. The zero-order valence-electron chi connectivity index (χ0n) is 17.9. The summed E-state index contributed by atoms with van der Waals surface area (Å²) in [6, 6.07) is 27.4. The highest BCUT2D eigenvalue weighted by atomic mass is 16.4. The Morgan fingerprint density at radius 3 is 1.94 bits per heavy atom. The molecular formula is C27H29NO3. The summed E-state index contributed by atoms with van der Waals surface area (Å²) < 4.78 is 0. The van der Waals surface area contributed by atoms with Crippen molar-refractivity contribution in [1.82, 2.24) is 4.90 Å². The Morgan fingerprint density at radius 2 is 1.32 bits per heavy atom. The molecule has 3 aromatic rings. The molecule has 1 amide bonds. The molecule has 0 aromatic heterocycles. The van der Waals surface area contributed by atoms with Crippen molar-refractivity contribution in [3.63, 3.8) is 0 Å². The summed E-state index contributed by atoms with van der Waals surface area (Å²) in [6.07, 6.45) is 2.44. The number of hydrogen-bond donors (Lipinski definition) is 1. The lowest BCUT2D eigenvalue weighted by atomic mass is 9.91. The number of carbonyl (C=O) groups is 2. The van der Waals surface area contributed by atoms with Gasteiger partial charge in [-0.05, 0) is 41.5 Å². The Hall–Kier alpha value is -3.40. The number of carbonyl (C=O) groups excluding carboxylic acids is 1. The van der Waals surface area contributed by atoms with E-state index in [0.717, 1.165) is 23.1 Å². The number of nitrogens with zero attached hydrogens (tertiary/aromatic N) is 1. The largest absolute Gasteiger partial charge is 0.481 e. The quantitative estimate of drug-likeness (QED) is 0.521. The number of aliphatic carboxylic acids is 1. The summed E-state index contributed by atoms with van der Waals surface area (Å²) in [7, 11) is 1.85. The van der Waals surface area contributed by atoms with E-state index >= 15 is 0 Å². The number of amides is 1. The predicted octanol–water partition coefficient (Wildman–Crippen LogP) is 4.73. The van der Waals surface area contributed by atoms with Gasteiger partial charge in [0.2, 0.25) is 5.91 Å². The minimum absolute atomic E-state index is 0.134. The van der Waals surface area contributed by atoms with E-state index in [1.54, 1.807) is 4.90 Å². The fourth-order valence-corrected chi connectivity index (χ4v) is 3.62. The maximum atomic E-state index is 12.4. The molecule has 0 bridgehead atoms. The van der Waals surface area contributed by atoms with Crippen LogP contribution in [0.2, 0.25) is 0 Å². The van der Waals surface area contributed by atoms with Crippen LogP contribution in [-0.2, 0) is 28.9 Å². The molecule has 31 heavy (non-hydrogen) atoms. The van der Waals surface area contributed by atoms with E-state index in [1.165, 1.54) is 5.56 Å². The second kappa shape index (κ2) is 11.1. The van der Waals surface area contributed by atoms with Gasteiger partial charge in [-0.25, -0.2) is 0 Å². The van der Waals surface area contributed by atoms with Crippen LogP contribution in [0.5, 0.6) is 0 Å². The van der Waals surface area contributed by atoms with Crippen molar-refractivity contribution < 1.29 is 14.7 Å². The number of benzene rings is 3. The Morgan fingerprint density at radius 1 is 0.774 bits per heavy atom. The number of rotatable bonds is 10. The third-order valence-corrected chi connectivity index (χ3v) is 5.59. The molecule has 0 spiro atoms. The van der Waals surface area contributed by atoms with Gasteiger partial charge in [-0.1, -0.05) is 84.9 Å². The first-order chi connectivity index (χ1) is 15.0. The zero-order valence-corrected chi connectivity index (χ0v) is 17.9. The van der Waals surface area contributed by atoms with Crippen molar-refractivity contribution in [3.8, 4) is 0 Å². The van der Waals surface area contributed by atoms with Crippen LogP contribution in [0.1, 0.15) is 34.6 Å². The summed E-state index contributed by atoms with van der Waals surface area (Å²) in [6.45, 7) is 0.706. The number of likely N-dealkylation sites (N-methyl/N-ethyl adjacent to an activating group) is 1. The third-order valence-electron chi connectivity index (χ3n) is 5.59. The van der Waals surface area contributed by atoms with Crippen LogP contribution in [0.4, 0.5) is 0 Å². The fourth-order valence-electron chi connectivity index (χ4n) is 3.62. The predicted molar refractivity (Wildman–Crippen MR) is 123 cm³/mol. The first-order valence-electron chi connectivity index (χ1n) is 10.7. The minimum atomic E-state index is -0.820. The van der Waals surface area contributed by atoms with E-state index < -0.39 is 11.9 Å². The van der Waals surface area contributed by atoms with E-state index in [9.17, 15) is 14.7 Å². The molecule has 4 nitrogen and oxygen atoms in total. The Labute approximate surface area is 184 Å². The Bertz CT molecular complexity index is 968. The fraction of sp³-hybridized carbons (Fsp3) is 0.259. The normalized spacial score (nSPS) is 11.6. The maximum Gasteiger partial charge on any atom is 0.311 e. The zero-order chi connectivity index (χ0) is 22.1. The second-order valence-electron chi connectivity index (χ2n) is 7.87. The number of carboxylic acids is 1. The van der Waals surface area contributed by atoms with Crippen molar-refractivity contribution in [2.75, 3.05) is 13.6 Å². The molecule has 0 aliphatic heterocycles. The standard InChI is InChI=1S/C27H29NO3/c1-28(19-18-21-8-4-2-5-9-21)26(29)17-16-22-12-14-23(15-13-22)20-25(27(30)31)24-10-6-3-7-11-24/h2-15,25H,16-20H2,1H3,(H,30,31). The van der Waals surface area contributed by atoms with Crippen LogP contribution in [0, 0.1) is 0 Å². The summed E-state index contributed by atoms with van der Waals surface area (Å²) in [5.74, 6) is -1.25. The lowest BCUT2D eigenvalue weighted by Crippen LogP contribution is -2.29. The molecule has 0 saturated heterocycles. The average molecular weight is 416 g/mol. The van der Waals surface area contributed by atoms with Crippen molar-refractivity contribution >= 4 is 11.9 Å². The molecule has 0 heterocycles. The van der Waals surface area contributed by atoms with Crippen molar-refractivity contribution in [1.29, 1.82) is 0 Å². The molecule has 4 heteroatoms. The average Bonchev–Trinajstić information content (AvgIpc) is 2.81. The van der Waals surface area contributed by atoms with Gasteiger partial charge >= 0.3 is 5.97 Å². The van der Waals surface area contributed by atoms with Gasteiger partial charge < -0.3 is 10.0 Å². The molecule has 160 valence electrons. The molecule has 1 unspecified atom stereocenters. The van der Waals surface area contributed by atoms with E-state index in [2.05, 4.69) is 12.1 Å². The van der Waals surface area contributed by atoms with Crippen LogP contribution in [0.3, 0.4) is 0 Å². The van der Waals surface area contributed by atoms with Crippen LogP contribution >= 0.6 is 0 Å². The Balaban J connectivity index is 1.49. The third kappa shape index (κ3) is 6.82. The molecule has 1 N–H and O–H groups in total. The lowest BCUT2D eigenvalue weighted by Gasteiger charge is -2.17. The molecule has 0 aliphatic carbocycles. The molecule has 0 fully saturated rings. The molecule has 1 atom stereocenters. The molecule has 0 saturated carbocycles. The van der Waals surface area contributed by atoms with E-state index in [1.807, 2.05) is 79.8 Å². The topological polar surface area (TPSA) is 57.6 Å². The van der Waals surface area contributed by atoms with Gasteiger partial charge in [0.1, 0.15) is 0 Å². The highest BCUT2D eigenvalue weighted by Gasteiger charge is 2.20. The van der Waals surface area contributed by atoms with Gasteiger partial charge in [-0.2, -0.15) is 0 Å². The monoisotopic (exact) mass is 415 g/mol. The smallest absolute Gasteiger partial charge is 0.311 e. The molecule has 0 aliphatic rings. The van der Waals surface area contributed by atoms with Gasteiger partial charge in [0.05, 0.1) is 5.92 Å². The lowest BCUT2D eigenvalue weighted by molar-refractivity contribution is -0.138. The summed E-state index contributed by atoms with van der Waals surface area (Å²) >= 11 is 0. The first-order valence-corrected chi connectivity index (χ1v) is 10.7. The Kier molecular flexibility index (Phi) is 7.99. The maximum absolute atomic E-state index is 12.4. The summed E-state index contributed by atoms with van der Waals surface area (Å²) in [4.78, 5) is 25.9. The van der Waals surface area contributed by atoms with Gasteiger partial charge in [0.25, 0.3) is 0 Å². The van der Waals surface area contributed by atoms with Crippen LogP contribution in [0.25, 0.3) is 0 Å². The van der Waals surface area contributed by atoms with Crippen molar-refractivity contribution in [3.05, 3.63) is 107 Å². The first kappa shape index (κ1) is 22.3. The minimum Gasteiger partial charge on any atom is -0.481 e. The molecule has 3 rings (SSSR count). The number of hydrogen-bond acceptors (Lipinski definition) is 2. The van der Waals surface area contributed by atoms with Gasteiger partial charge in [0.15, 0.2) is 0 Å². The number of aryl methyl sites for hydroxylation is 1. The highest BCUT2D eigenvalue weighted by Crippen LogP contribution is 2.22. The van der Waals surface area contributed by atoms with Gasteiger partial charge in [-0.15, -0.1) is 0 Å². The second-order valence-corrected chi connectivity index (χ2v) is 7.87. The van der Waals surface area contributed by atoms with Crippen molar-refractivity contribution in [2.24, 2.45) is 0 Å². The van der Waals surface area contributed by atoms with Crippen LogP contribution < -0.4 is 0 Å². The van der Waals surface area contributed by atoms with E-state index in [0.29, 0.717) is 25.8 Å². The van der Waals surface area contributed by atoms with Crippen LogP contribution in [-0.4, -0.2) is 35.5 Å². The highest BCUT2D eigenvalue weighted by molar-refractivity contribution is 5.77. The van der Waals surface area contributed by atoms with E-state index in [4.69, 9.17) is 0 Å². The van der Waals surface area contributed by atoms with Crippen molar-refractivity contribution in [2.45, 2.75) is 31.6 Å². The van der Waals surface area contributed by atoms with Gasteiger partial charge in [-0.3, -0.25) is 9.59 Å². The van der Waals surface area contributed by atoms with E-state index in [-0.39, 0.29) is 5.91 Å². The van der Waals surface area contributed by atoms with Crippen LogP contribution in [0.15, 0.2) is 84.9 Å².